The smallest absolute Gasteiger partial charge is 0.330 e. The normalized spacial score (nSPS) is 15.9. The van der Waals surface area contributed by atoms with Gasteiger partial charge < -0.3 is 25.0 Å². The highest BCUT2D eigenvalue weighted by molar-refractivity contribution is 7.99. The number of hydrogen-bond donors (Lipinski definition) is 2. The van der Waals surface area contributed by atoms with Gasteiger partial charge in [0.2, 0.25) is 5.91 Å². The molecule has 2 N–H and O–H groups in total. The molecule has 0 unspecified atom stereocenters. The number of nitrogens with zero attached hydrogens (tertiary/aromatic N) is 1. The number of nitrogens with one attached hydrogen (secondary N) is 2. The number of rotatable bonds is 18. The summed E-state index contributed by atoms with van der Waals surface area (Å²) in [6, 6.07) is 20.0. The van der Waals surface area contributed by atoms with Crippen LogP contribution in [0.1, 0.15) is 84.7 Å². The molecule has 0 aliphatic carbocycles. The van der Waals surface area contributed by atoms with Crippen LogP contribution in [0, 0.1) is 5.41 Å². The van der Waals surface area contributed by atoms with E-state index in [1.165, 1.54) is 23.5 Å². The lowest BCUT2D eigenvalue weighted by Crippen LogP contribution is -2.50. The topological polar surface area (TPSA) is 131 Å². The second-order valence-corrected chi connectivity index (χ2v) is 18.8. The number of thioether (sulfide) groups is 2. The number of benzene rings is 3. The van der Waals surface area contributed by atoms with Gasteiger partial charge in [-0.15, -0.1) is 11.8 Å². The van der Waals surface area contributed by atoms with Crippen molar-refractivity contribution in [3.63, 3.8) is 0 Å². The lowest BCUT2D eigenvalue weighted by Gasteiger charge is -2.37. The summed E-state index contributed by atoms with van der Waals surface area (Å²) in [5.41, 5.74) is 0.811. The molecule has 1 aliphatic rings. The Kier molecular flexibility index (Phi) is 16.0. The van der Waals surface area contributed by atoms with Crippen molar-refractivity contribution >= 4 is 62.5 Å². The summed E-state index contributed by atoms with van der Waals surface area (Å²) in [6.07, 6.45) is 9.09. The van der Waals surface area contributed by atoms with Gasteiger partial charge in [0.15, 0.2) is 16.4 Å². The first-order valence-corrected chi connectivity index (χ1v) is 23.2. The van der Waals surface area contributed by atoms with Crippen LogP contribution in [0.3, 0.4) is 0 Å². The van der Waals surface area contributed by atoms with E-state index in [4.69, 9.17) is 9.47 Å². The average molecular weight is 812 g/mol. The van der Waals surface area contributed by atoms with E-state index in [0.717, 1.165) is 44.2 Å². The maximum atomic E-state index is 14.5. The van der Waals surface area contributed by atoms with Crippen molar-refractivity contribution in [1.29, 1.82) is 0 Å². The van der Waals surface area contributed by atoms with E-state index in [2.05, 4.69) is 29.4 Å². The van der Waals surface area contributed by atoms with Crippen molar-refractivity contribution in [3.8, 4) is 5.75 Å². The van der Waals surface area contributed by atoms with Crippen molar-refractivity contribution in [3.05, 3.63) is 78.4 Å². The second-order valence-electron chi connectivity index (χ2n) is 15.1. The summed E-state index contributed by atoms with van der Waals surface area (Å²) < 4.78 is 40.6. The first-order valence-electron chi connectivity index (χ1n) is 18.9. The number of anilines is 2. The van der Waals surface area contributed by atoms with E-state index in [9.17, 15) is 22.8 Å². The Hall–Kier alpha value is -3.68. The molecule has 2 atom stereocenters. The number of carbonyl (C=O) groups is 3. The molecule has 55 heavy (non-hydrogen) atoms. The van der Waals surface area contributed by atoms with Crippen molar-refractivity contribution in [2.45, 2.75) is 101 Å². The fraction of sp³-hybridized carbons (Fsp3) is 0.500. The monoisotopic (exact) mass is 811 g/mol. The molecule has 3 aromatic rings. The first-order chi connectivity index (χ1) is 26.2. The molecule has 0 saturated heterocycles. The summed E-state index contributed by atoms with van der Waals surface area (Å²) in [6.45, 7) is 9.61. The summed E-state index contributed by atoms with van der Waals surface area (Å²) >= 11 is 2.78. The van der Waals surface area contributed by atoms with Gasteiger partial charge in [-0.1, -0.05) is 88.1 Å². The third kappa shape index (κ3) is 12.2. The first kappa shape index (κ1) is 44.0. The van der Waals surface area contributed by atoms with E-state index < -0.39 is 57.3 Å². The SMILES string of the molecule is CCCCC1(CCCC)CN(c2ccccc2)c2cc(SC)c(OCC(=O)N[C@@H](C(=O)N[C@@H](CSC)C(=O)OC(C)(C)C)c3ccccc3)cc2S(=O)(=O)C1. The molecule has 1 aliphatic heterocycles. The number of sulfone groups is 1. The molecule has 0 radical (unpaired) electrons. The van der Waals surface area contributed by atoms with Gasteiger partial charge in [-0.05, 0) is 69.9 Å². The van der Waals surface area contributed by atoms with E-state index in [1.54, 1.807) is 57.2 Å². The van der Waals surface area contributed by atoms with Gasteiger partial charge in [-0.25, -0.2) is 13.2 Å². The van der Waals surface area contributed by atoms with Crippen LogP contribution >= 0.6 is 23.5 Å². The molecule has 0 spiro atoms. The van der Waals surface area contributed by atoms with Crippen LogP contribution in [0.15, 0.2) is 82.6 Å². The minimum Gasteiger partial charge on any atom is -0.483 e. The lowest BCUT2D eigenvalue weighted by molar-refractivity contribution is -0.158. The van der Waals surface area contributed by atoms with E-state index >= 15 is 0 Å². The number of hydrogen-bond acceptors (Lipinski definition) is 10. The summed E-state index contributed by atoms with van der Waals surface area (Å²) in [4.78, 5) is 43.3. The highest BCUT2D eigenvalue weighted by Gasteiger charge is 2.42. The quantitative estimate of drug-likeness (QED) is 0.0960. The van der Waals surface area contributed by atoms with Crippen molar-refractivity contribution in [1.82, 2.24) is 10.6 Å². The van der Waals surface area contributed by atoms with Crippen molar-refractivity contribution in [2.24, 2.45) is 5.41 Å². The molecule has 0 bridgehead atoms. The van der Waals surface area contributed by atoms with Gasteiger partial charge in [0.05, 0.1) is 21.2 Å². The van der Waals surface area contributed by atoms with Crippen LogP contribution in [0.25, 0.3) is 0 Å². The fourth-order valence-electron chi connectivity index (χ4n) is 6.83. The standard InChI is InChI=1S/C42H57N3O7S3/c1-8-10-22-42(23-11-9-2)28-45(31-20-16-13-17-21-31)33-24-35(54-7)34(25-36(33)55(49,50)29-42)51-26-37(46)44-38(30-18-14-12-15-19-30)39(47)43-32(27-53-6)40(48)52-41(3,4)5/h12-21,24-25,32,38H,8-11,22-23,26-29H2,1-7H3,(H,43,47)(H,44,46)/t32-,38+/m0/s1. The Bertz CT molecular complexity index is 1840. The summed E-state index contributed by atoms with van der Waals surface area (Å²) in [5, 5.41) is 5.54. The number of amides is 2. The largest absolute Gasteiger partial charge is 0.483 e. The molecule has 300 valence electrons. The highest BCUT2D eigenvalue weighted by atomic mass is 32.2. The minimum atomic E-state index is -3.80. The van der Waals surface area contributed by atoms with Crippen LogP contribution in [-0.4, -0.2) is 75.0 Å². The minimum absolute atomic E-state index is 0.0174. The Balaban J connectivity index is 1.65. The number of fused-ring (bicyclic) bond motifs is 1. The van der Waals surface area contributed by atoms with Gasteiger partial charge in [-0.3, -0.25) is 9.59 Å². The number of esters is 1. The molecule has 2 amide bonds. The lowest BCUT2D eigenvalue weighted by atomic mass is 9.79. The molecule has 10 nitrogen and oxygen atoms in total. The zero-order valence-corrected chi connectivity index (χ0v) is 35.6. The van der Waals surface area contributed by atoms with Crippen molar-refractivity contribution in [2.75, 3.05) is 42.1 Å². The third-order valence-electron chi connectivity index (χ3n) is 9.45. The molecule has 3 aromatic carbocycles. The molecular weight excluding hydrogens is 755 g/mol. The Morgan fingerprint density at radius 1 is 0.909 bits per heavy atom. The molecule has 0 saturated carbocycles. The molecule has 4 rings (SSSR count). The molecule has 13 heteroatoms. The van der Waals surface area contributed by atoms with Crippen molar-refractivity contribution < 1.29 is 32.3 Å². The van der Waals surface area contributed by atoms with Gasteiger partial charge >= 0.3 is 5.97 Å². The number of carbonyl (C=O) groups excluding carboxylic acids is 3. The Labute approximate surface area is 336 Å². The summed E-state index contributed by atoms with van der Waals surface area (Å²) in [5.74, 6) is -1.20. The molecule has 0 fully saturated rings. The Morgan fingerprint density at radius 2 is 1.53 bits per heavy atom. The predicted molar refractivity (Wildman–Crippen MR) is 224 cm³/mol. The predicted octanol–water partition coefficient (Wildman–Crippen LogP) is 8.13. The van der Waals surface area contributed by atoms with E-state index in [-0.39, 0.29) is 22.2 Å². The van der Waals surface area contributed by atoms with Crippen LogP contribution < -0.4 is 20.3 Å². The summed E-state index contributed by atoms with van der Waals surface area (Å²) in [7, 11) is -3.80. The van der Waals surface area contributed by atoms with Gasteiger partial charge in [0, 0.05) is 29.5 Å². The number of unbranched alkanes of at least 4 members (excludes halogenated alkanes) is 2. The Morgan fingerprint density at radius 3 is 2.09 bits per heavy atom. The van der Waals surface area contributed by atoms with Crippen LogP contribution in [-0.2, 0) is 29.0 Å². The second kappa shape index (κ2) is 20.0. The van der Waals surface area contributed by atoms with Gasteiger partial charge in [0.25, 0.3) is 5.91 Å². The fourth-order valence-corrected chi connectivity index (χ4v) is 10.1. The highest BCUT2D eigenvalue weighted by Crippen LogP contribution is 2.47. The number of ether oxygens (including phenoxy) is 2. The maximum absolute atomic E-state index is 14.5. The van der Waals surface area contributed by atoms with E-state index in [0.29, 0.717) is 22.7 Å². The zero-order chi connectivity index (χ0) is 40.2. The van der Waals surface area contributed by atoms with Gasteiger partial charge in [-0.2, -0.15) is 11.8 Å². The van der Waals surface area contributed by atoms with Crippen LogP contribution in [0.4, 0.5) is 11.4 Å². The van der Waals surface area contributed by atoms with Crippen LogP contribution in [0.5, 0.6) is 5.75 Å². The van der Waals surface area contributed by atoms with Crippen LogP contribution in [0.2, 0.25) is 0 Å². The molecule has 1 heterocycles. The zero-order valence-electron chi connectivity index (χ0n) is 33.2. The number of para-hydroxylation sites is 1. The van der Waals surface area contributed by atoms with E-state index in [1.807, 2.05) is 48.9 Å². The average Bonchev–Trinajstić information content (AvgIpc) is 3.25. The maximum Gasteiger partial charge on any atom is 0.330 e. The molecular formula is C42H57N3O7S3. The van der Waals surface area contributed by atoms with Gasteiger partial charge in [0.1, 0.15) is 23.4 Å². The third-order valence-corrected chi connectivity index (χ3v) is 12.9. The molecule has 0 aromatic heterocycles.